The molecule has 2 aromatic rings. The summed E-state index contributed by atoms with van der Waals surface area (Å²) in [5.41, 5.74) is 4.87. The van der Waals surface area contributed by atoms with E-state index in [9.17, 15) is 9.50 Å². The molecule has 4 rings (SSSR count). The van der Waals surface area contributed by atoms with Crippen molar-refractivity contribution in [2.24, 2.45) is 11.7 Å². The first-order valence-electron chi connectivity index (χ1n) is 8.71. The number of nitrogens with zero attached hydrogens (tertiary/aromatic N) is 5. The zero-order chi connectivity index (χ0) is 19.2. The van der Waals surface area contributed by atoms with Crippen LogP contribution < -0.4 is 16.0 Å². The average molecular weight is 391 g/mol. The largest absolute Gasteiger partial charge is 0.384 e. The summed E-state index contributed by atoms with van der Waals surface area (Å²) in [6.07, 6.45) is 6.16. The number of nitrogens with two attached hydrogens (primary N) is 1. The van der Waals surface area contributed by atoms with E-state index in [1.165, 1.54) is 13.8 Å². The summed E-state index contributed by atoms with van der Waals surface area (Å²) < 4.78 is 14.1. The first-order chi connectivity index (χ1) is 12.8. The van der Waals surface area contributed by atoms with Gasteiger partial charge in [0.05, 0.1) is 23.6 Å². The lowest BCUT2D eigenvalue weighted by Crippen LogP contribution is -2.59. The van der Waals surface area contributed by atoms with E-state index in [-0.39, 0.29) is 17.1 Å². The molecule has 0 spiro atoms. The summed E-state index contributed by atoms with van der Waals surface area (Å²) in [5.74, 6) is 0.813. The molecule has 0 aromatic carbocycles. The summed E-state index contributed by atoms with van der Waals surface area (Å²) >= 11 is 1.65. The first-order valence-corrected chi connectivity index (χ1v) is 9.76. The maximum atomic E-state index is 14.1. The van der Waals surface area contributed by atoms with Crippen molar-refractivity contribution in [1.29, 1.82) is 0 Å². The average Bonchev–Trinajstić information content (AvgIpc) is 3.02. The van der Waals surface area contributed by atoms with Crippen LogP contribution in [-0.4, -0.2) is 49.4 Å². The minimum Gasteiger partial charge on any atom is -0.384 e. The van der Waals surface area contributed by atoms with Crippen molar-refractivity contribution in [3.63, 3.8) is 0 Å². The quantitative estimate of drug-likeness (QED) is 0.690. The summed E-state index contributed by atoms with van der Waals surface area (Å²) in [4.78, 5) is 19.2. The molecule has 4 heterocycles. The van der Waals surface area contributed by atoms with E-state index in [1.54, 1.807) is 30.4 Å². The van der Waals surface area contributed by atoms with Crippen LogP contribution in [-0.2, 0) is 11.1 Å². The fourth-order valence-electron chi connectivity index (χ4n) is 3.78. The number of aromatic nitrogens is 4. The monoisotopic (exact) mass is 391 g/mol. The molecule has 2 saturated heterocycles. The topological polar surface area (TPSA) is 113 Å². The molecule has 0 saturated carbocycles. The van der Waals surface area contributed by atoms with E-state index >= 15 is 0 Å². The third-order valence-corrected chi connectivity index (χ3v) is 6.14. The van der Waals surface area contributed by atoms with Crippen LogP contribution in [0.2, 0.25) is 0 Å². The lowest BCUT2D eigenvalue weighted by atomic mass is 9.85. The molecule has 10 heteroatoms. The van der Waals surface area contributed by atoms with Gasteiger partial charge in [0.25, 0.3) is 0 Å². The van der Waals surface area contributed by atoms with Gasteiger partial charge in [0.2, 0.25) is 5.95 Å². The number of aliphatic hydroxyl groups is 1. The molecule has 2 aliphatic rings. The number of anilines is 1. The highest BCUT2D eigenvalue weighted by atomic mass is 32.2. The Morgan fingerprint density at radius 1 is 1.37 bits per heavy atom. The maximum Gasteiger partial charge on any atom is 0.225 e. The van der Waals surface area contributed by atoms with Gasteiger partial charge >= 0.3 is 0 Å². The van der Waals surface area contributed by atoms with Crippen LogP contribution in [0.5, 0.6) is 0 Å². The van der Waals surface area contributed by atoms with Gasteiger partial charge in [0.15, 0.2) is 5.82 Å². The Bertz CT molecular complexity index is 834. The number of fused-ring (bicyclic) bond motifs is 1. The summed E-state index contributed by atoms with van der Waals surface area (Å²) in [7, 11) is 0. The number of thioether (sulfide) groups is 1. The van der Waals surface area contributed by atoms with Crippen molar-refractivity contribution in [1.82, 2.24) is 25.3 Å². The second-order valence-corrected chi connectivity index (χ2v) is 8.64. The lowest BCUT2D eigenvalue weighted by molar-refractivity contribution is 0.0693. The predicted octanol–water partition coefficient (Wildman–Crippen LogP) is 0.543. The third-order valence-electron chi connectivity index (χ3n) is 5.07. The number of nitrogens with one attached hydrogen (secondary N) is 1. The van der Waals surface area contributed by atoms with E-state index < -0.39 is 17.0 Å². The normalized spacial score (nSPS) is 28.3. The molecule has 0 amide bonds. The maximum absolute atomic E-state index is 14.1. The Labute approximate surface area is 160 Å². The molecule has 2 aromatic heterocycles. The zero-order valence-electron chi connectivity index (χ0n) is 15.1. The van der Waals surface area contributed by atoms with Gasteiger partial charge in [0, 0.05) is 37.2 Å². The standard InChI is InChI=1S/C17H22FN7OS/c1-16(2,26)13-11(18)5-22-15(23-13)25-7-10-8-27-14(19)24-17(10,9-25)12-6-20-3-4-21-12/h3-6,10,14,24,26H,7-9,19H2,1-2H3/t10-,14?,17-/m0/s1. The van der Waals surface area contributed by atoms with Crippen LogP contribution in [0.1, 0.15) is 25.2 Å². The zero-order valence-corrected chi connectivity index (χ0v) is 15.9. The van der Waals surface area contributed by atoms with E-state index in [1.807, 2.05) is 4.90 Å². The summed E-state index contributed by atoms with van der Waals surface area (Å²) in [5, 5.41) is 13.7. The van der Waals surface area contributed by atoms with Crippen LogP contribution in [0, 0.1) is 11.7 Å². The number of hydrogen-bond donors (Lipinski definition) is 3. The Hall–Kier alpha value is -1.88. The van der Waals surface area contributed by atoms with Gasteiger partial charge in [-0.2, -0.15) is 0 Å². The van der Waals surface area contributed by atoms with Crippen molar-refractivity contribution < 1.29 is 9.50 Å². The highest BCUT2D eigenvalue weighted by Crippen LogP contribution is 2.43. The fourth-order valence-corrected chi connectivity index (χ4v) is 4.90. The molecule has 0 radical (unpaired) electrons. The summed E-state index contributed by atoms with van der Waals surface area (Å²) in [6, 6.07) is 0. The second-order valence-electron chi connectivity index (χ2n) is 7.46. The third kappa shape index (κ3) is 3.27. The van der Waals surface area contributed by atoms with Gasteiger partial charge in [-0.1, -0.05) is 0 Å². The van der Waals surface area contributed by atoms with Gasteiger partial charge < -0.3 is 15.7 Å². The number of halogens is 1. The van der Waals surface area contributed by atoms with Gasteiger partial charge in [-0.3, -0.25) is 15.3 Å². The van der Waals surface area contributed by atoms with Crippen LogP contribution in [0.4, 0.5) is 10.3 Å². The molecule has 4 N–H and O–H groups in total. The fraction of sp³-hybridized carbons (Fsp3) is 0.529. The number of rotatable bonds is 3. The Kier molecular flexibility index (Phi) is 4.53. The molecule has 2 fully saturated rings. The molecule has 144 valence electrons. The molecular formula is C17H22FN7OS. The molecular weight excluding hydrogens is 369 g/mol. The SMILES string of the molecule is CC(C)(O)c1nc(N2C[C@H]3CSC(N)N[C@@]3(c3cnccn3)C2)ncc1F. The van der Waals surface area contributed by atoms with Gasteiger partial charge in [0.1, 0.15) is 16.8 Å². The lowest BCUT2D eigenvalue weighted by Gasteiger charge is -2.41. The smallest absolute Gasteiger partial charge is 0.225 e. The van der Waals surface area contributed by atoms with E-state index in [0.717, 1.165) is 17.6 Å². The minimum atomic E-state index is -1.40. The predicted molar refractivity (Wildman–Crippen MR) is 100 cm³/mol. The molecule has 0 aliphatic carbocycles. The van der Waals surface area contributed by atoms with Crippen molar-refractivity contribution in [3.8, 4) is 0 Å². The first kappa shape index (κ1) is 18.5. The number of hydrogen-bond acceptors (Lipinski definition) is 9. The van der Waals surface area contributed by atoms with E-state index in [2.05, 4.69) is 25.3 Å². The Morgan fingerprint density at radius 3 is 2.89 bits per heavy atom. The van der Waals surface area contributed by atoms with E-state index in [0.29, 0.717) is 19.0 Å². The highest BCUT2D eigenvalue weighted by molar-refractivity contribution is 7.99. The Balaban J connectivity index is 1.72. The molecule has 3 atom stereocenters. The second kappa shape index (κ2) is 6.62. The van der Waals surface area contributed by atoms with Crippen LogP contribution in [0.15, 0.2) is 24.8 Å². The molecule has 1 unspecified atom stereocenters. The van der Waals surface area contributed by atoms with Crippen LogP contribution in [0.25, 0.3) is 0 Å². The molecule has 2 aliphatic heterocycles. The van der Waals surface area contributed by atoms with Crippen LogP contribution in [0.3, 0.4) is 0 Å². The van der Waals surface area contributed by atoms with Gasteiger partial charge in [-0.15, -0.1) is 11.8 Å². The molecule has 8 nitrogen and oxygen atoms in total. The molecule has 0 bridgehead atoms. The van der Waals surface area contributed by atoms with Crippen LogP contribution >= 0.6 is 11.8 Å². The van der Waals surface area contributed by atoms with Gasteiger partial charge in [-0.05, 0) is 13.8 Å². The van der Waals surface area contributed by atoms with E-state index in [4.69, 9.17) is 5.73 Å². The van der Waals surface area contributed by atoms with Crippen molar-refractivity contribution in [2.45, 2.75) is 30.5 Å². The van der Waals surface area contributed by atoms with Crippen molar-refractivity contribution >= 4 is 17.7 Å². The van der Waals surface area contributed by atoms with Crippen molar-refractivity contribution in [3.05, 3.63) is 42.0 Å². The summed E-state index contributed by atoms with van der Waals surface area (Å²) in [6.45, 7) is 4.20. The van der Waals surface area contributed by atoms with Crippen molar-refractivity contribution in [2.75, 3.05) is 23.7 Å². The Morgan fingerprint density at radius 2 is 2.19 bits per heavy atom. The minimum absolute atomic E-state index is 0.0186. The highest BCUT2D eigenvalue weighted by Gasteiger charge is 2.52. The molecule has 27 heavy (non-hydrogen) atoms. The van der Waals surface area contributed by atoms with Gasteiger partial charge in [-0.25, -0.2) is 14.4 Å².